The standard InChI is InChI=1S/C18H26N2O3S/c1-12(17(22)23)15-16(21)20(14-10-6-3-7-11-14)18(24-15)19-13-8-4-2-5-9-13/h13-14H,2-11H2,1H3,(H,22,23). The summed E-state index contributed by atoms with van der Waals surface area (Å²) in [4.78, 5) is 31.3. The fourth-order valence-electron chi connectivity index (χ4n) is 3.83. The van der Waals surface area contributed by atoms with Gasteiger partial charge in [-0.25, -0.2) is 4.79 Å². The summed E-state index contributed by atoms with van der Waals surface area (Å²) >= 11 is 1.28. The highest BCUT2D eigenvalue weighted by molar-refractivity contribution is 8.18. The minimum Gasteiger partial charge on any atom is -0.478 e. The second kappa shape index (κ2) is 7.72. The van der Waals surface area contributed by atoms with Gasteiger partial charge in [0.2, 0.25) is 0 Å². The van der Waals surface area contributed by atoms with E-state index in [1.165, 1.54) is 44.4 Å². The highest BCUT2D eigenvalue weighted by Crippen LogP contribution is 2.38. The van der Waals surface area contributed by atoms with Crippen molar-refractivity contribution < 1.29 is 14.7 Å². The molecule has 0 atom stereocenters. The molecule has 0 radical (unpaired) electrons. The number of thioether (sulfide) groups is 1. The minimum absolute atomic E-state index is 0.139. The van der Waals surface area contributed by atoms with Crippen molar-refractivity contribution in [1.82, 2.24) is 4.90 Å². The van der Waals surface area contributed by atoms with Gasteiger partial charge in [0.25, 0.3) is 5.91 Å². The summed E-state index contributed by atoms with van der Waals surface area (Å²) in [6, 6.07) is 0.463. The monoisotopic (exact) mass is 350 g/mol. The number of carbonyl (C=O) groups is 2. The van der Waals surface area contributed by atoms with E-state index in [0.717, 1.165) is 43.7 Å². The number of carbonyl (C=O) groups excluding carboxylic acids is 1. The minimum atomic E-state index is -1.02. The topological polar surface area (TPSA) is 70.0 Å². The van der Waals surface area contributed by atoms with Crippen LogP contribution < -0.4 is 0 Å². The number of carboxylic acid groups (broad SMARTS) is 1. The molecule has 3 fully saturated rings. The van der Waals surface area contributed by atoms with Crippen LogP contribution >= 0.6 is 11.8 Å². The van der Waals surface area contributed by atoms with Gasteiger partial charge in [-0.2, -0.15) is 0 Å². The number of amidine groups is 1. The molecule has 1 saturated heterocycles. The first-order chi connectivity index (χ1) is 11.6. The zero-order chi connectivity index (χ0) is 17.1. The molecule has 3 aliphatic rings. The van der Waals surface area contributed by atoms with Gasteiger partial charge in [-0.15, -0.1) is 0 Å². The third kappa shape index (κ3) is 3.68. The van der Waals surface area contributed by atoms with E-state index in [9.17, 15) is 14.7 Å². The van der Waals surface area contributed by atoms with Crippen molar-refractivity contribution in [3.63, 3.8) is 0 Å². The highest BCUT2D eigenvalue weighted by atomic mass is 32.2. The smallest absolute Gasteiger partial charge is 0.332 e. The van der Waals surface area contributed by atoms with Crippen LogP contribution in [0.5, 0.6) is 0 Å². The summed E-state index contributed by atoms with van der Waals surface area (Å²) in [5.41, 5.74) is 0.139. The summed E-state index contributed by atoms with van der Waals surface area (Å²) in [6.45, 7) is 1.52. The molecular weight excluding hydrogens is 324 g/mol. The van der Waals surface area contributed by atoms with Crippen LogP contribution in [0.1, 0.15) is 71.1 Å². The molecule has 0 aromatic carbocycles. The molecule has 0 spiro atoms. The number of amides is 1. The molecule has 1 N–H and O–H groups in total. The Hall–Kier alpha value is -1.30. The predicted octanol–water partition coefficient (Wildman–Crippen LogP) is 3.94. The van der Waals surface area contributed by atoms with Gasteiger partial charge in [0, 0.05) is 6.04 Å². The lowest BCUT2D eigenvalue weighted by atomic mass is 9.94. The molecule has 2 aliphatic carbocycles. The van der Waals surface area contributed by atoms with E-state index in [0.29, 0.717) is 4.91 Å². The summed E-state index contributed by atoms with van der Waals surface area (Å²) < 4.78 is 0. The zero-order valence-corrected chi connectivity index (χ0v) is 15.1. The largest absolute Gasteiger partial charge is 0.478 e. The third-order valence-corrected chi connectivity index (χ3v) is 6.45. The van der Waals surface area contributed by atoms with Crippen LogP contribution in [0, 0.1) is 0 Å². The Morgan fingerprint density at radius 1 is 1.08 bits per heavy atom. The highest BCUT2D eigenvalue weighted by Gasteiger charge is 2.40. The number of rotatable bonds is 3. The van der Waals surface area contributed by atoms with Crippen molar-refractivity contribution in [2.45, 2.75) is 83.2 Å². The zero-order valence-electron chi connectivity index (χ0n) is 14.3. The first-order valence-corrected chi connectivity index (χ1v) is 9.93. The molecule has 2 saturated carbocycles. The van der Waals surface area contributed by atoms with Gasteiger partial charge in [0.1, 0.15) is 0 Å². The van der Waals surface area contributed by atoms with E-state index >= 15 is 0 Å². The van der Waals surface area contributed by atoms with Gasteiger partial charge in [0.05, 0.1) is 16.5 Å². The van der Waals surface area contributed by atoms with Crippen molar-refractivity contribution in [1.29, 1.82) is 0 Å². The first kappa shape index (κ1) is 17.5. The molecule has 1 aliphatic heterocycles. The van der Waals surface area contributed by atoms with Crippen LogP contribution in [0.15, 0.2) is 15.5 Å². The maximum Gasteiger partial charge on any atom is 0.332 e. The Balaban J connectivity index is 1.90. The van der Waals surface area contributed by atoms with E-state index in [1.807, 2.05) is 4.90 Å². The van der Waals surface area contributed by atoms with Crippen molar-refractivity contribution in [2.75, 3.05) is 0 Å². The van der Waals surface area contributed by atoms with E-state index in [1.54, 1.807) is 0 Å². The van der Waals surface area contributed by atoms with Gasteiger partial charge in [0.15, 0.2) is 5.17 Å². The number of nitrogens with zero attached hydrogens (tertiary/aromatic N) is 2. The van der Waals surface area contributed by atoms with Gasteiger partial charge in [-0.3, -0.25) is 14.7 Å². The molecule has 24 heavy (non-hydrogen) atoms. The molecule has 132 valence electrons. The fraction of sp³-hybridized carbons (Fsp3) is 0.722. The molecular formula is C18H26N2O3S. The second-order valence-electron chi connectivity index (χ2n) is 7.03. The van der Waals surface area contributed by atoms with E-state index in [2.05, 4.69) is 0 Å². The average Bonchev–Trinajstić information content (AvgIpc) is 2.92. The number of hydrogen-bond acceptors (Lipinski definition) is 4. The molecule has 1 amide bonds. The Morgan fingerprint density at radius 3 is 2.25 bits per heavy atom. The Labute approximate surface area is 147 Å². The van der Waals surface area contributed by atoms with E-state index < -0.39 is 5.97 Å². The van der Waals surface area contributed by atoms with Crippen LogP contribution in [0.3, 0.4) is 0 Å². The Morgan fingerprint density at radius 2 is 1.67 bits per heavy atom. The molecule has 6 heteroatoms. The molecule has 1 heterocycles. The van der Waals surface area contributed by atoms with E-state index in [4.69, 9.17) is 4.99 Å². The number of carboxylic acids is 1. The Bertz CT molecular complexity index is 573. The fourth-order valence-corrected chi connectivity index (χ4v) is 4.97. The molecule has 0 bridgehead atoms. The van der Waals surface area contributed by atoms with Gasteiger partial charge >= 0.3 is 5.97 Å². The lowest BCUT2D eigenvalue weighted by molar-refractivity contribution is -0.133. The predicted molar refractivity (Wildman–Crippen MR) is 96.0 cm³/mol. The van der Waals surface area contributed by atoms with E-state index in [-0.39, 0.29) is 23.6 Å². The number of aliphatic imine (C=N–C) groups is 1. The number of hydrogen-bond donors (Lipinski definition) is 1. The Kier molecular flexibility index (Phi) is 5.64. The summed E-state index contributed by atoms with van der Waals surface area (Å²) in [5, 5.41) is 10.0. The third-order valence-electron chi connectivity index (χ3n) is 5.28. The molecule has 0 aromatic heterocycles. The average molecular weight is 350 g/mol. The molecule has 0 aromatic rings. The van der Waals surface area contributed by atoms with Crippen LogP contribution in [-0.4, -0.2) is 39.1 Å². The molecule has 0 unspecified atom stereocenters. The molecule has 3 rings (SSSR count). The van der Waals surface area contributed by atoms with Crippen LogP contribution in [0.2, 0.25) is 0 Å². The van der Waals surface area contributed by atoms with Crippen molar-refractivity contribution in [3.8, 4) is 0 Å². The lowest BCUT2D eigenvalue weighted by Crippen LogP contribution is -2.41. The lowest BCUT2D eigenvalue weighted by Gasteiger charge is -2.31. The number of aliphatic carboxylic acids is 1. The maximum atomic E-state index is 12.9. The normalized spacial score (nSPS) is 27.8. The SMILES string of the molecule is CC(C(=O)O)=C1SC(=NC2CCCCC2)N(C2CCCCC2)C1=O. The quantitative estimate of drug-likeness (QED) is 0.783. The van der Waals surface area contributed by atoms with Gasteiger partial charge in [-0.05, 0) is 44.4 Å². The molecule has 5 nitrogen and oxygen atoms in total. The van der Waals surface area contributed by atoms with Crippen molar-refractivity contribution in [3.05, 3.63) is 10.5 Å². The van der Waals surface area contributed by atoms with Gasteiger partial charge < -0.3 is 5.11 Å². The van der Waals surface area contributed by atoms with Crippen LogP contribution in [0.4, 0.5) is 0 Å². The summed E-state index contributed by atoms with van der Waals surface area (Å²) in [5.74, 6) is -1.17. The van der Waals surface area contributed by atoms with Crippen LogP contribution in [0.25, 0.3) is 0 Å². The van der Waals surface area contributed by atoms with Crippen molar-refractivity contribution in [2.24, 2.45) is 4.99 Å². The summed E-state index contributed by atoms with van der Waals surface area (Å²) in [6.07, 6.45) is 11.3. The maximum absolute atomic E-state index is 12.9. The van der Waals surface area contributed by atoms with Crippen molar-refractivity contribution >= 4 is 28.8 Å². The summed E-state index contributed by atoms with van der Waals surface area (Å²) in [7, 11) is 0. The first-order valence-electron chi connectivity index (χ1n) is 9.11. The second-order valence-corrected chi connectivity index (χ2v) is 8.01. The van der Waals surface area contributed by atoms with Crippen LogP contribution in [-0.2, 0) is 9.59 Å². The van der Waals surface area contributed by atoms with Gasteiger partial charge in [-0.1, -0.05) is 38.5 Å².